The molecule has 2 amide bonds. The van der Waals surface area contributed by atoms with E-state index in [1.807, 2.05) is 51.1 Å². The van der Waals surface area contributed by atoms with Crippen LogP contribution in [0.3, 0.4) is 0 Å². The minimum Gasteiger partial charge on any atom is -0.355 e. The number of amides is 2. The van der Waals surface area contributed by atoms with Gasteiger partial charge in [0.2, 0.25) is 11.8 Å². The molecule has 0 radical (unpaired) electrons. The smallest absolute Gasteiger partial charge is 0.239 e. The minimum atomic E-state index is -0.174. The molecule has 1 atom stereocenters. The zero-order valence-corrected chi connectivity index (χ0v) is 14.0. The first kappa shape index (κ1) is 18.2. The van der Waals surface area contributed by atoms with E-state index in [0.717, 1.165) is 24.8 Å². The van der Waals surface area contributed by atoms with Crippen LogP contribution in [0, 0.1) is 0 Å². The van der Waals surface area contributed by atoms with Gasteiger partial charge in [0.25, 0.3) is 0 Å². The molecule has 1 N–H and O–H groups in total. The third-order valence-corrected chi connectivity index (χ3v) is 3.62. The second kappa shape index (κ2) is 9.98. The number of hydrogen-bond donors (Lipinski definition) is 1. The third-order valence-electron chi connectivity index (χ3n) is 3.62. The van der Waals surface area contributed by atoms with Crippen molar-refractivity contribution < 1.29 is 9.59 Å². The van der Waals surface area contributed by atoms with Gasteiger partial charge in [0, 0.05) is 13.1 Å². The molecule has 0 aliphatic carbocycles. The Labute approximate surface area is 133 Å². The quantitative estimate of drug-likeness (QED) is 0.762. The van der Waals surface area contributed by atoms with E-state index < -0.39 is 0 Å². The Morgan fingerprint density at radius 2 is 1.77 bits per heavy atom. The highest BCUT2D eigenvalue weighted by Crippen LogP contribution is 2.22. The number of nitrogens with one attached hydrogen (secondary N) is 1. The third kappa shape index (κ3) is 5.51. The molecule has 0 bridgehead atoms. The number of carbonyl (C=O) groups is 2. The van der Waals surface area contributed by atoms with Gasteiger partial charge in [-0.2, -0.15) is 0 Å². The lowest BCUT2D eigenvalue weighted by atomic mass is 9.95. The zero-order valence-electron chi connectivity index (χ0n) is 14.0. The standard InChI is InChI=1S/C18H28N2O2/c1-4-12-19-17(21)14-20(13-5-2)18(22)16(6-3)15-10-8-7-9-11-15/h7-11,16H,4-6,12-14H2,1-3H3,(H,19,21). The summed E-state index contributed by atoms with van der Waals surface area (Å²) in [5.41, 5.74) is 1.02. The number of rotatable bonds is 9. The molecule has 1 aromatic rings. The second-order valence-electron chi connectivity index (χ2n) is 5.48. The summed E-state index contributed by atoms with van der Waals surface area (Å²) in [6.07, 6.45) is 2.48. The summed E-state index contributed by atoms with van der Waals surface area (Å²) in [7, 11) is 0. The lowest BCUT2D eigenvalue weighted by Gasteiger charge is -2.26. The summed E-state index contributed by atoms with van der Waals surface area (Å²) in [4.78, 5) is 26.4. The van der Waals surface area contributed by atoms with Crippen LogP contribution in [0.5, 0.6) is 0 Å². The molecule has 0 aliphatic heterocycles. The van der Waals surface area contributed by atoms with E-state index in [1.54, 1.807) is 4.90 Å². The van der Waals surface area contributed by atoms with Crippen molar-refractivity contribution in [2.24, 2.45) is 0 Å². The number of nitrogens with zero attached hydrogens (tertiary/aromatic N) is 1. The Kier molecular flexibility index (Phi) is 8.26. The molecule has 0 aliphatic rings. The zero-order chi connectivity index (χ0) is 16.4. The molecule has 0 fully saturated rings. The maximum atomic E-state index is 12.8. The first-order valence-electron chi connectivity index (χ1n) is 8.24. The predicted molar refractivity (Wildman–Crippen MR) is 89.6 cm³/mol. The monoisotopic (exact) mass is 304 g/mol. The Hall–Kier alpha value is -1.84. The van der Waals surface area contributed by atoms with E-state index in [1.165, 1.54) is 0 Å². The van der Waals surface area contributed by atoms with Crippen LogP contribution in [0.4, 0.5) is 0 Å². The second-order valence-corrected chi connectivity index (χ2v) is 5.48. The van der Waals surface area contributed by atoms with Crippen molar-refractivity contribution in [2.45, 2.75) is 46.0 Å². The van der Waals surface area contributed by atoms with Crippen molar-refractivity contribution in [3.8, 4) is 0 Å². The number of hydrogen-bond acceptors (Lipinski definition) is 2. The summed E-state index contributed by atoms with van der Waals surface area (Å²) in [6, 6.07) is 9.80. The van der Waals surface area contributed by atoms with Crippen molar-refractivity contribution in [2.75, 3.05) is 19.6 Å². The van der Waals surface area contributed by atoms with Gasteiger partial charge in [0.05, 0.1) is 12.5 Å². The van der Waals surface area contributed by atoms with E-state index in [4.69, 9.17) is 0 Å². The number of carbonyl (C=O) groups excluding carboxylic acids is 2. The molecule has 22 heavy (non-hydrogen) atoms. The van der Waals surface area contributed by atoms with Gasteiger partial charge >= 0.3 is 0 Å². The van der Waals surface area contributed by atoms with Gasteiger partial charge < -0.3 is 10.2 Å². The average Bonchev–Trinajstić information content (AvgIpc) is 2.54. The van der Waals surface area contributed by atoms with Crippen LogP contribution in [-0.4, -0.2) is 36.3 Å². The van der Waals surface area contributed by atoms with Crippen molar-refractivity contribution in [1.29, 1.82) is 0 Å². The lowest BCUT2D eigenvalue weighted by Crippen LogP contribution is -2.43. The van der Waals surface area contributed by atoms with Gasteiger partial charge in [-0.05, 0) is 24.8 Å². The van der Waals surface area contributed by atoms with Gasteiger partial charge in [0.1, 0.15) is 0 Å². The van der Waals surface area contributed by atoms with E-state index in [9.17, 15) is 9.59 Å². The van der Waals surface area contributed by atoms with Crippen LogP contribution < -0.4 is 5.32 Å². The highest BCUT2D eigenvalue weighted by atomic mass is 16.2. The van der Waals surface area contributed by atoms with Crippen molar-refractivity contribution in [3.63, 3.8) is 0 Å². The van der Waals surface area contributed by atoms with Crippen LogP contribution in [-0.2, 0) is 9.59 Å². The first-order valence-corrected chi connectivity index (χ1v) is 8.24. The SMILES string of the molecule is CCCNC(=O)CN(CCC)C(=O)C(CC)c1ccccc1. The fraction of sp³-hybridized carbons (Fsp3) is 0.556. The Balaban J connectivity index is 2.80. The molecule has 4 heteroatoms. The number of benzene rings is 1. The average molecular weight is 304 g/mol. The van der Waals surface area contributed by atoms with E-state index >= 15 is 0 Å². The normalized spacial score (nSPS) is 11.8. The highest BCUT2D eigenvalue weighted by Gasteiger charge is 2.25. The predicted octanol–water partition coefficient (Wildman–Crippen LogP) is 2.95. The largest absolute Gasteiger partial charge is 0.355 e. The van der Waals surface area contributed by atoms with Gasteiger partial charge in [-0.25, -0.2) is 0 Å². The summed E-state index contributed by atoms with van der Waals surface area (Å²) in [6.45, 7) is 7.46. The van der Waals surface area contributed by atoms with Gasteiger partial charge in [0.15, 0.2) is 0 Å². The maximum absolute atomic E-state index is 12.8. The fourth-order valence-corrected chi connectivity index (χ4v) is 2.49. The van der Waals surface area contributed by atoms with Gasteiger partial charge in [-0.3, -0.25) is 9.59 Å². The molecule has 0 spiro atoms. The molecule has 1 unspecified atom stereocenters. The van der Waals surface area contributed by atoms with Crippen LogP contribution in [0.1, 0.15) is 51.5 Å². The molecule has 0 heterocycles. The fourth-order valence-electron chi connectivity index (χ4n) is 2.49. The van der Waals surface area contributed by atoms with Crippen LogP contribution in [0.25, 0.3) is 0 Å². The van der Waals surface area contributed by atoms with Gasteiger partial charge in [-0.15, -0.1) is 0 Å². The molecular weight excluding hydrogens is 276 g/mol. The van der Waals surface area contributed by atoms with Crippen LogP contribution >= 0.6 is 0 Å². The minimum absolute atomic E-state index is 0.0437. The summed E-state index contributed by atoms with van der Waals surface area (Å²) in [5.74, 6) is -0.208. The van der Waals surface area contributed by atoms with Crippen molar-refractivity contribution in [3.05, 3.63) is 35.9 Å². The Bertz CT molecular complexity index is 459. The molecule has 0 saturated carbocycles. The molecular formula is C18H28N2O2. The van der Waals surface area contributed by atoms with Gasteiger partial charge in [-0.1, -0.05) is 51.1 Å². The molecule has 1 rings (SSSR count). The first-order chi connectivity index (χ1) is 10.6. The summed E-state index contributed by atoms with van der Waals surface area (Å²) >= 11 is 0. The molecule has 1 aromatic carbocycles. The summed E-state index contributed by atoms with van der Waals surface area (Å²) in [5, 5.41) is 2.84. The molecule has 0 saturated heterocycles. The van der Waals surface area contributed by atoms with Crippen molar-refractivity contribution >= 4 is 11.8 Å². The van der Waals surface area contributed by atoms with Crippen LogP contribution in [0.2, 0.25) is 0 Å². The van der Waals surface area contributed by atoms with Crippen LogP contribution in [0.15, 0.2) is 30.3 Å². The molecule has 0 aromatic heterocycles. The summed E-state index contributed by atoms with van der Waals surface area (Å²) < 4.78 is 0. The van der Waals surface area contributed by atoms with E-state index in [2.05, 4.69) is 5.32 Å². The topological polar surface area (TPSA) is 49.4 Å². The lowest BCUT2D eigenvalue weighted by molar-refractivity contribution is -0.137. The van der Waals surface area contributed by atoms with E-state index in [0.29, 0.717) is 13.1 Å². The highest BCUT2D eigenvalue weighted by molar-refractivity contribution is 5.88. The van der Waals surface area contributed by atoms with Crippen molar-refractivity contribution in [1.82, 2.24) is 10.2 Å². The maximum Gasteiger partial charge on any atom is 0.239 e. The molecule has 122 valence electrons. The van der Waals surface area contributed by atoms with E-state index in [-0.39, 0.29) is 24.3 Å². The molecule has 4 nitrogen and oxygen atoms in total. The Morgan fingerprint density at radius 3 is 2.32 bits per heavy atom. The Morgan fingerprint density at radius 1 is 1.09 bits per heavy atom.